The number of para-hydroxylation sites is 1. The van der Waals surface area contributed by atoms with Crippen LogP contribution in [0, 0.1) is 5.92 Å². The van der Waals surface area contributed by atoms with E-state index in [1.54, 1.807) is 4.90 Å². The molecule has 0 atom stereocenters. The van der Waals surface area contributed by atoms with Crippen LogP contribution >= 0.6 is 12.4 Å². The molecule has 6 nitrogen and oxygen atoms in total. The molecule has 0 spiro atoms. The number of fused-ring (bicyclic) bond motifs is 1. The average Bonchev–Trinajstić information content (AvgIpc) is 3.24. The maximum absolute atomic E-state index is 12.5. The third-order valence-electron chi connectivity index (χ3n) is 5.69. The van der Waals surface area contributed by atoms with Crippen LogP contribution in [0.3, 0.4) is 0 Å². The van der Waals surface area contributed by atoms with Gasteiger partial charge in [0.05, 0.1) is 0 Å². The highest BCUT2D eigenvalue weighted by molar-refractivity contribution is 5.85. The lowest BCUT2D eigenvalue weighted by Gasteiger charge is -2.31. The second-order valence-corrected chi connectivity index (χ2v) is 7.68. The van der Waals surface area contributed by atoms with Gasteiger partial charge in [-0.15, -0.1) is 12.4 Å². The largest absolute Gasteiger partial charge is 0.484 e. The quantitative estimate of drug-likeness (QED) is 0.740. The van der Waals surface area contributed by atoms with Gasteiger partial charge in [-0.05, 0) is 41.7 Å². The van der Waals surface area contributed by atoms with Crippen molar-refractivity contribution in [2.45, 2.75) is 32.5 Å². The minimum absolute atomic E-state index is 0. The average molecular weight is 430 g/mol. The van der Waals surface area contributed by atoms with Crippen LogP contribution in [-0.2, 0) is 29.2 Å². The first-order chi connectivity index (χ1) is 14.2. The summed E-state index contributed by atoms with van der Waals surface area (Å²) >= 11 is 0. The summed E-state index contributed by atoms with van der Waals surface area (Å²) in [6.45, 7) is 3.61. The molecule has 0 aliphatic carbocycles. The molecule has 2 amide bonds. The van der Waals surface area contributed by atoms with E-state index in [1.165, 1.54) is 11.1 Å². The fourth-order valence-electron chi connectivity index (χ4n) is 3.94. The van der Waals surface area contributed by atoms with Crippen molar-refractivity contribution in [1.29, 1.82) is 0 Å². The zero-order valence-electron chi connectivity index (χ0n) is 16.9. The van der Waals surface area contributed by atoms with E-state index in [4.69, 9.17) is 4.74 Å². The topological polar surface area (TPSA) is 70.7 Å². The maximum Gasteiger partial charge on any atom is 0.260 e. The van der Waals surface area contributed by atoms with Crippen LogP contribution in [-0.4, -0.2) is 36.4 Å². The number of amides is 2. The van der Waals surface area contributed by atoms with Crippen LogP contribution in [0.4, 0.5) is 0 Å². The van der Waals surface area contributed by atoms with Gasteiger partial charge in [0.2, 0.25) is 5.91 Å². The first kappa shape index (κ1) is 22.1. The van der Waals surface area contributed by atoms with E-state index in [-0.39, 0.29) is 36.7 Å². The second-order valence-electron chi connectivity index (χ2n) is 7.68. The highest BCUT2D eigenvalue weighted by Crippen LogP contribution is 2.19. The highest BCUT2D eigenvalue weighted by atomic mass is 35.5. The summed E-state index contributed by atoms with van der Waals surface area (Å²) in [4.78, 5) is 26.7. The van der Waals surface area contributed by atoms with E-state index in [9.17, 15) is 9.59 Å². The van der Waals surface area contributed by atoms with Gasteiger partial charge >= 0.3 is 0 Å². The number of piperidine rings is 1. The van der Waals surface area contributed by atoms with Crippen molar-refractivity contribution >= 4 is 24.2 Å². The third kappa shape index (κ3) is 5.52. The number of hydrogen-bond donors (Lipinski definition) is 2. The molecular formula is C23H28ClN3O3. The number of rotatable bonds is 6. The van der Waals surface area contributed by atoms with Gasteiger partial charge in [-0.25, -0.2) is 0 Å². The van der Waals surface area contributed by atoms with Crippen molar-refractivity contribution in [2.24, 2.45) is 5.92 Å². The van der Waals surface area contributed by atoms with Crippen molar-refractivity contribution < 1.29 is 14.3 Å². The Labute approximate surface area is 183 Å². The monoisotopic (exact) mass is 429 g/mol. The fraction of sp³-hybridized carbons (Fsp3) is 0.391. The normalized spacial score (nSPS) is 15.8. The van der Waals surface area contributed by atoms with Gasteiger partial charge in [-0.3, -0.25) is 9.59 Å². The summed E-state index contributed by atoms with van der Waals surface area (Å²) in [5.74, 6) is 0.707. The lowest BCUT2D eigenvalue weighted by Crippen LogP contribution is -2.44. The van der Waals surface area contributed by atoms with Crippen molar-refractivity contribution in [3.8, 4) is 5.75 Å². The van der Waals surface area contributed by atoms with Gasteiger partial charge in [0.15, 0.2) is 6.61 Å². The summed E-state index contributed by atoms with van der Waals surface area (Å²) in [7, 11) is 0. The van der Waals surface area contributed by atoms with Crippen LogP contribution < -0.4 is 15.4 Å². The smallest absolute Gasteiger partial charge is 0.260 e. The lowest BCUT2D eigenvalue weighted by molar-refractivity contribution is -0.137. The van der Waals surface area contributed by atoms with E-state index in [1.807, 2.05) is 30.3 Å². The molecule has 4 rings (SSSR count). The molecule has 2 aliphatic heterocycles. The molecule has 0 unspecified atom stereocenters. The van der Waals surface area contributed by atoms with Crippen LogP contribution in [0.1, 0.15) is 29.5 Å². The van der Waals surface area contributed by atoms with Gasteiger partial charge in [-0.1, -0.05) is 36.4 Å². The van der Waals surface area contributed by atoms with Gasteiger partial charge in [-0.2, -0.15) is 0 Å². The molecule has 30 heavy (non-hydrogen) atoms. The standard InChI is InChI=1S/C23H27N3O3.ClH/c27-22(16-29-21-4-2-1-3-5-21)26-10-8-18(9-11-26)23(28)25-13-17-6-7-19-14-24-15-20(19)12-17;/h1-7,12,18,24H,8-11,13-16H2,(H,25,28);1H. The minimum atomic E-state index is -0.0369. The van der Waals surface area contributed by atoms with E-state index in [0.29, 0.717) is 38.2 Å². The molecule has 0 saturated carbocycles. The summed E-state index contributed by atoms with van der Waals surface area (Å²) in [5.41, 5.74) is 3.79. The number of ether oxygens (including phenoxy) is 1. The van der Waals surface area contributed by atoms with Crippen molar-refractivity contribution in [3.63, 3.8) is 0 Å². The number of halogens is 1. The fourth-order valence-corrected chi connectivity index (χ4v) is 3.94. The predicted molar refractivity (Wildman–Crippen MR) is 117 cm³/mol. The molecule has 2 heterocycles. The molecule has 2 N–H and O–H groups in total. The number of nitrogens with zero attached hydrogens (tertiary/aromatic N) is 1. The summed E-state index contributed by atoms with van der Waals surface area (Å²) in [5, 5.41) is 6.40. The van der Waals surface area contributed by atoms with E-state index >= 15 is 0 Å². The molecule has 2 aliphatic rings. The molecule has 0 bridgehead atoms. The summed E-state index contributed by atoms with van der Waals surface area (Å²) in [6.07, 6.45) is 1.38. The summed E-state index contributed by atoms with van der Waals surface area (Å²) < 4.78 is 5.54. The molecule has 2 aromatic rings. The Bertz CT molecular complexity index is 867. The van der Waals surface area contributed by atoms with Crippen LogP contribution in [0.15, 0.2) is 48.5 Å². The van der Waals surface area contributed by atoms with Crippen LogP contribution in [0.5, 0.6) is 5.75 Å². The minimum Gasteiger partial charge on any atom is -0.484 e. The molecule has 0 aromatic heterocycles. The second kappa shape index (κ2) is 10.5. The van der Waals surface area contributed by atoms with Crippen molar-refractivity contribution in [3.05, 3.63) is 65.2 Å². The number of likely N-dealkylation sites (tertiary alicyclic amines) is 1. The van der Waals surface area contributed by atoms with Gasteiger partial charge in [0.25, 0.3) is 5.91 Å². The Balaban J connectivity index is 0.00000256. The predicted octanol–water partition coefficient (Wildman–Crippen LogP) is 2.65. The SMILES string of the molecule is Cl.O=C(NCc1ccc2c(c1)CNC2)C1CCN(C(=O)COc2ccccc2)CC1. The van der Waals surface area contributed by atoms with E-state index < -0.39 is 0 Å². The van der Waals surface area contributed by atoms with Gasteiger partial charge in [0.1, 0.15) is 5.75 Å². The first-order valence-electron chi connectivity index (χ1n) is 10.2. The van der Waals surface area contributed by atoms with Gasteiger partial charge < -0.3 is 20.3 Å². The molecular weight excluding hydrogens is 402 g/mol. The molecule has 1 fully saturated rings. The molecule has 160 valence electrons. The molecule has 2 aromatic carbocycles. The van der Waals surface area contributed by atoms with E-state index in [0.717, 1.165) is 18.7 Å². The Morgan fingerprint density at radius 2 is 1.77 bits per heavy atom. The Kier molecular flexibility index (Phi) is 7.71. The van der Waals surface area contributed by atoms with E-state index in [2.05, 4.69) is 28.8 Å². The van der Waals surface area contributed by atoms with Crippen LogP contribution in [0.2, 0.25) is 0 Å². The molecule has 0 radical (unpaired) electrons. The third-order valence-corrected chi connectivity index (χ3v) is 5.69. The molecule has 1 saturated heterocycles. The number of carbonyl (C=O) groups excluding carboxylic acids is 2. The number of benzene rings is 2. The Morgan fingerprint density at radius 1 is 1.03 bits per heavy atom. The Morgan fingerprint density at radius 3 is 2.53 bits per heavy atom. The Hall–Kier alpha value is -2.57. The number of hydrogen-bond acceptors (Lipinski definition) is 4. The molecule has 7 heteroatoms. The van der Waals surface area contributed by atoms with Crippen LogP contribution in [0.25, 0.3) is 0 Å². The lowest BCUT2D eigenvalue weighted by atomic mass is 9.95. The van der Waals surface area contributed by atoms with Crippen molar-refractivity contribution in [2.75, 3.05) is 19.7 Å². The maximum atomic E-state index is 12.5. The van der Waals surface area contributed by atoms with Crippen molar-refractivity contribution in [1.82, 2.24) is 15.5 Å². The first-order valence-corrected chi connectivity index (χ1v) is 10.2. The number of carbonyl (C=O) groups is 2. The zero-order chi connectivity index (χ0) is 20.1. The summed E-state index contributed by atoms with van der Waals surface area (Å²) in [6, 6.07) is 15.7. The highest BCUT2D eigenvalue weighted by Gasteiger charge is 2.27. The number of nitrogens with one attached hydrogen (secondary N) is 2. The van der Waals surface area contributed by atoms with Gasteiger partial charge in [0, 0.05) is 38.6 Å². The zero-order valence-corrected chi connectivity index (χ0v) is 17.7.